The van der Waals surface area contributed by atoms with Crippen LogP contribution in [0.25, 0.3) is 0 Å². The van der Waals surface area contributed by atoms with Gasteiger partial charge < -0.3 is 5.32 Å². The fourth-order valence-corrected chi connectivity index (χ4v) is 2.92. The second kappa shape index (κ2) is 7.45. The van der Waals surface area contributed by atoms with Gasteiger partial charge in [0.05, 0.1) is 11.3 Å². The first-order valence-corrected chi connectivity index (χ1v) is 8.13. The monoisotopic (exact) mass is 317 g/mol. The molecule has 0 fully saturated rings. The Morgan fingerprint density at radius 2 is 1.64 bits per heavy atom. The van der Waals surface area contributed by atoms with Gasteiger partial charge in [-0.05, 0) is 50.6 Å². The van der Waals surface area contributed by atoms with Gasteiger partial charge in [0.25, 0.3) is 0 Å². The molecule has 2 aromatic rings. The van der Waals surface area contributed by atoms with E-state index in [-0.39, 0.29) is 23.0 Å². The van der Waals surface area contributed by atoms with E-state index in [9.17, 15) is 9.18 Å². The van der Waals surface area contributed by atoms with Gasteiger partial charge in [-0.25, -0.2) is 4.39 Å². The van der Waals surface area contributed by atoms with Crippen LogP contribution in [0.2, 0.25) is 0 Å². The smallest absolute Gasteiger partial charge is 0.233 e. The van der Waals surface area contributed by atoms with Gasteiger partial charge in [-0.2, -0.15) is 0 Å². The van der Waals surface area contributed by atoms with E-state index in [1.54, 1.807) is 12.1 Å². The number of carbonyl (C=O) groups excluding carboxylic acids is 1. The van der Waals surface area contributed by atoms with Crippen molar-refractivity contribution in [3.8, 4) is 0 Å². The minimum Gasteiger partial charge on any atom is -0.349 e. The molecule has 22 heavy (non-hydrogen) atoms. The van der Waals surface area contributed by atoms with Crippen molar-refractivity contribution < 1.29 is 9.18 Å². The van der Waals surface area contributed by atoms with Crippen LogP contribution in [0.15, 0.2) is 53.4 Å². The Morgan fingerprint density at radius 3 is 2.23 bits per heavy atom. The van der Waals surface area contributed by atoms with Gasteiger partial charge in [-0.15, -0.1) is 11.8 Å². The first-order valence-electron chi connectivity index (χ1n) is 7.25. The third kappa shape index (κ3) is 4.60. The summed E-state index contributed by atoms with van der Waals surface area (Å²) in [5.74, 6) is -0.298. The summed E-state index contributed by atoms with van der Waals surface area (Å²) in [6, 6.07) is 14.2. The molecule has 0 unspecified atom stereocenters. The Morgan fingerprint density at radius 1 is 1.05 bits per heavy atom. The Hall–Kier alpha value is -1.81. The molecule has 116 valence electrons. The van der Waals surface area contributed by atoms with Gasteiger partial charge in [0.2, 0.25) is 5.91 Å². The molecule has 2 rings (SSSR count). The summed E-state index contributed by atoms with van der Waals surface area (Å²) in [6.45, 7) is 5.82. The normalized spacial score (nSPS) is 13.5. The molecule has 0 aliphatic carbocycles. The zero-order chi connectivity index (χ0) is 16.1. The average molecular weight is 317 g/mol. The minimum absolute atomic E-state index is 0.0256. The lowest BCUT2D eigenvalue weighted by atomic mass is 10.1. The van der Waals surface area contributed by atoms with Crippen LogP contribution in [0.4, 0.5) is 4.39 Å². The molecule has 0 saturated heterocycles. The largest absolute Gasteiger partial charge is 0.349 e. The summed E-state index contributed by atoms with van der Waals surface area (Å²) in [7, 11) is 0. The van der Waals surface area contributed by atoms with Crippen molar-refractivity contribution in [1.29, 1.82) is 0 Å². The maximum Gasteiger partial charge on any atom is 0.233 e. The summed E-state index contributed by atoms with van der Waals surface area (Å²) in [5.41, 5.74) is 2.09. The van der Waals surface area contributed by atoms with Gasteiger partial charge in [-0.1, -0.05) is 29.8 Å². The summed E-state index contributed by atoms with van der Waals surface area (Å²) in [4.78, 5) is 13.3. The van der Waals surface area contributed by atoms with Gasteiger partial charge in [0.1, 0.15) is 5.82 Å². The van der Waals surface area contributed by atoms with Crippen LogP contribution < -0.4 is 5.32 Å². The van der Waals surface area contributed by atoms with Crippen LogP contribution in [0.5, 0.6) is 0 Å². The van der Waals surface area contributed by atoms with Crippen LogP contribution in [0, 0.1) is 12.7 Å². The molecule has 2 aromatic carbocycles. The van der Waals surface area contributed by atoms with Crippen molar-refractivity contribution in [1.82, 2.24) is 5.32 Å². The van der Waals surface area contributed by atoms with E-state index in [4.69, 9.17) is 0 Å². The van der Waals surface area contributed by atoms with Crippen LogP contribution in [-0.4, -0.2) is 11.2 Å². The predicted octanol–water partition coefficient (Wildman–Crippen LogP) is 4.49. The van der Waals surface area contributed by atoms with E-state index in [0.717, 1.165) is 10.5 Å². The van der Waals surface area contributed by atoms with Crippen LogP contribution >= 0.6 is 11.8 Å². The third-order valence-corrected chi connectivity index (χ3v) is 4.54. The number of rotatable bonds is 5. The summed E-state index contributed by atoms with van der Waals surface area (Å²) < 4.78 is 12.9. The van der Waals surface area contributed by atoms with Crippen LogP contribution in [-0.2, 0) is 4.79 Å². The van der Waals surface area contributed by atoms with Gasteiger partial charge in [0, 0.05) is 4.90 Å². The molecule has 0 aliphatic heterocycles. The fourth-order valence-electron chi connectivity index (χ4n) is 2.04. The van der Waals surface area contributed by atoms with E-state index in [1.165, 1.54) is 29.5 Å². The first-order chi connectivity index (χ1) is 10.5. The van der Waals surface area contributed by atoms with Crippen molar-refractivity contribution >= 4 is 17.7 Å². The molecular formula is C18H20FNOS. The molecule has 2 nitrogen and oxygen atoms in total. The summed E-state index contributed by atoms with van der Waals surface area (Å²) >= 11 is 1.53. The summed E-state index contributed by atoms with van der Waals surface area (Å²) in [5, 5.41) is 2.78. The number of aryl methyl sites for hydroxylation is 1. The number of nitrogens with one attached hydrogen (secondary N) is 1. The van der Waals surface area contributed by atoms with Crippen LogP contribution in [0.1, 0.15) is 31.0 Å². The average Bonchev–Trinajstić information content (AvgIpc) is 2.50. The zero-order valence-electron chi connectivity index (χ0n) is 13.0. The number of amides is 1. The van der Waals surface area contributed by atoms with E-state index in [1.807, 2.05) is 45.0 Å². The molecule has 0 aliphatic rings. The van der Waals surface area contributed by atoms with Crippen molar-refractivity contribution in [2.24, 2.45) is 0 Å². The molecule has 2 atom stereocenters. The Labute approximate surface area is 135 Å². The molecule has 0 spiro atoms. The molecule has 0 bridgehead atoms. The highest BCUT2D eigenvalue weighted by Gasteiger charge is 2.17. The lowest BCUT2D eigenvalue weighted by Crippen LogP contribution is -2.33. The highest BCUT2D eigenvalue weighted by Crippen LogP contribution is 2.24. The number of hydrogen-bond donors (Lipinski definition) is 1. The van der Waals surface area contributed by atoms with Crippen LogP contribution in [0.3, 0.4) is 0 Å². The summed E-state index contributed by atoms with van der Waals surface area (Å²) in [6.07, 6.45) is 0. The molecule has 1 N–H and O–H groups in total. The van der Waals surface area contributed by atoms with E-state index >= 15 is 0 Å². The molecule has 4 heteroatoms. The highest BCUT2D eigenvalue weighted by molar-refractivity contribution is 8.00. The number of thioether (sulfide) groups is 1. The topological polar surface area (TPSA) is 29.1 Å². The lowest BCUT2D eigenvalue weighted by molar-refractivity contribution is -0.120. The third-order valence-electron chi connectivity index (χ3n) is 3.43. The van der Waals surface area contributed by atoms with Gasteiger partial charge in [0.15, 0.2) is 0 Å². The lowest BCUT2D eigenvalue weighted by Gasteiger charge is -2.18. The fraction of sp³-hybridized carbons (Fsp3) is 0.278. The zero-order valence-corrected chi connectivity index (χ0v) is 13.8. The number of halogens is 1. The Balaban J connectivity index is 1.93. The van der Waals surface area contributed by atoms with E-state index < -0.39 is 0 Å². The maximum atomic E-state index is 12.9. The van der Waals surface area contributed by atoms with Gasteiger partial charge >= 0.3 is 0 Å². The van der Waals surface area contributed by atoms with Crippen molar-refractivity contribution in [2.75, 3.05) is 0 Å². The second-order valence-corrected chi connectivity index (χ2v) is 6.77. The van der Waals surface area contributed by atoms with Gasteiger partial charge in [-0.3, -0.25) is 4.79 Å². The molecule has 0 heterocycles. The van der Waals surface area contributed by atoms with Crippen molar-refractivity contribution in [2.45, 2.75) is 37.0 Å². The number of benzene rings is 2. The van der Waals surface area contributed by atoms with Crippen molar-refractivity contribution in [3.63, 3.8) is 0 Å². The maximum absolute atomic E-state index is 12.9. The van der Waals surface area contributed by atoms with Crippen molar-refractivity contribution in [3.05, 3.63) is 65.5 Å². The number of carbonyl (C=O) groups is 1. The first kappa shape index (κ1) is 16.6. The highest BCUT2D eigenvalue weighted by atomic mass is 32.2. The Bertz CT molecular complexity index is 625. The van der Waals surface area contributed by atoms with E-state index in [2.05, 4.69) is 5.32 Å². The van der Waals surface area contributed by atoms with E-state index in [0.29, 0.717) is 0 Å². The molecule has 0 aromatic heterocycles. The molecule has 0 saturated carbocycles. The predicted molar refractivity (Wildman–Crippen MR) is 89.5 cm³/mol. The standard InChI is InChI=1S/C18H20FNOS/c1-12-4-10-17(11-5-12)22-14(3)18(21)20-13(2)15-6-8-16(19)9-7-15/h4-11,13-14H,1-3H3,(H,20,21)/t13-,14+/m0/s1. The second-order valence-electron chi connectivity index (χ2n) is 5.35. The molecule has 0 radical (unpaired) electrons. The Kier molecular flexibility index (Phi) is 5.61. The molecule has 1 amide bonds. The minimum atomic E-state index is -0.273. The SMILES string of the molecule is Cc1ccc(S[C@H](C)C(=O)N[C@@H](C)c2ccc(F)cc2)cc1. The molecular weight excluding hydrogens is 297 g/mol. The quantitative estimate of drug-likeness (QED) is 0.823. The number of hydrogen-bond acceptors (Lipinski definition) is 2.